The summed E-state index contributed by atoms with van der Waals surface area (Å²) < 4.78 is 1.06. The number of hydrogen-bond acceptors (Lipinski definition) is 0. The van der Waals surface area contributed by atoms with E-state index in [1.807, 2.05) is 0 Å². The summed E-state index contributed by atoms with van der Waals surface area (Å²) in [7, 11) is 4.86. The van der Waals surface area contributed by atoms with Gasteiger partial charge >= 0.3 is 0 Å². The molecular weight excluding hydrogens is 338 g/mol. The fourth-order valence-corrected chi connectivity index (χ4v) is 5.02. The first-order chi connectivity index (χ1) is 13.6. The highest BCUT2D eigenvalue weighted by atomic mass is 15.3. The van der Waals surface area contributed by atoms with Crippen LogP contribution in [0.15, 0.2) is 48.5 Å². The molecule has 2 aromatic carbocycles. The van der Waals surface area contributed by atoms with Gasteiger partial charge in [0.1, 0.15) is 6.04 Å². The minimum absolute atomic E-state index is 0.478. The van der Waals surface area contributed by atoms with Gasteiger partial charge in [-0.2, -0.15) is 0 Å². The van der Waals surface area contributed by atoms with Crippen LogP contribution in [0, 0.1) is 0 Å². The van der Waals surface area contributed by atoms with Gasteiger partial charge in [0.15, 0.2) is 0 Å². The number of unbranched alkanes of at least 4 members (excludes halogenated alkanes) is 9. The molecule has 0 atom stereocenters. The fraction of sp³-hybridized carbons (Fsp3) is 0.556. The number of fused-ring (bicyclic) bond motifs is 3. The predicted molar refractivity (Wildman–Crippen MR) is 123 cm³/mol. The van der Waals surface area contributed by atoms with E-state index in [2.05, 4.69) is 69.6 Å². The molecule has 3 rings (SSSR count). The molecule has 2 aromatic rings. The lowest BCUT2D eigenvalue weighted by atomic mass is 10.0. The van der Waals surface area contributed by atoms with E-state index >= 15 is 0 Å². The van der Waals surface area contributed by atoms with Gasteiger partial charge in [-0.1, -0.05) is 107 Å². The molecule has 0 unspecified atom stereocenters. The van der Waals surface area contributed by atoms with Gasteiger partial charge in [0.25, 0.3) is 0 Å². The van der Waals surface area contributed by atoms with Crippen molar-refractivity contribution in [1.82, 2.24) is 0 Å². The van der Waals surface area contributed by atoms with Crippen molar-refractivity contribution in [2.75, 3.05) is 20.6 Å². The molecule has 0 spiro atoms. The van der Waals surface area contributed by atoms with E-state index in [4.69, 9.17) is 0 Å². The Morgan fingerprint density at radius 2 is 1.04 bits per heavy atom. The summed E-state index contributed by atoms with van der Waals surface area (Å²) in [6.07, 6.45) is 14.1. The van der Waals surface area contributed by atoms with Crippen LogP contribution >= 0.6 is 0 Å². The van der Waals surface area contributed by atoms with Gasteiger partial charge in [-0.15, -0.1) is 0 Å². The molecule has 1 aliphatic carbocycles. The number of quaternary nitrogens is 1. The van der Waals surface area contributed by atoms with Gasteiger partial charge in [-0.3, -0.25) is 0 Å². The topological polar surface area (TPSA) is 0 Å². The van der Waals surface area contributed by atoms with E-state index in [1.54, 1.807) is 0 Å². The molecular formula is C27H40N+. The van der Waals surface area contributed by atoms with Crippen LogP contribution in [0.4, 0.5) is 0 Å². The number of nitrogens with zero attached hydrogens (tertiary/aromatic N) is 1. The normalized spacial score (nSPS) is 13.5. The summed E-state index contributed by atoms with van der Waals surface area (Å²) in [5.74, 6) is 0. The minimum atomic E-state index is 0.478. The van der Waals surface area contributed by atoms with Crippen LogP contribution in [0.2, 0.25) is 0 Å². The van der Waals surface area contributed by atoms with Crippen LogP contribution in [-0.4, -0.2) is 25.1 Å². The standard InChI is InChI=1S/C27H40N/c1-4-5-6-7-8-9-10-11-12-17-22-28(2,3)27-25-20-15-13-18-23(25)24-19-14-16-21-26(24)27/h13-16,18-21,27H,4-12,17,22H2,1-3H3/q+1. The third kappa shape index (κ3) is 5.06. The monoisotopic (exact) mass is 378 g/mol. The van der Waals surface area contributed by atoms with E-state index in [0.29, 0.717) is 6.04 Å². The van der Waals surface area contributed by atoms with E-state index in [9.17, 15) is 0 Å². The van der Waals surface area contributed by atoms with Gasteiger partial charge < -0.3 is 4.48 Å². The molecule has 0 amide bonds. The van der Waals surface area contributed by atoms with Gasteiger partial charge in [0.2, 0.25) is 0 Å². The Kier molecular flexibility index (Phi) is 7.73. The molecule has 28 heavy (non-hydrogen) atoms. The lowest BCUT2D eigenvalue weighted by Gasteiger charge is -2.37. The summed E-state index contributed by atoms with van der Waals surface area (Å²) in [4.78, 5) is 0. The van der Waals surface area contributed by atoms with Gasteiger partial charge in [0.05, 0.1) is 20.6 Å². The Balaban J connectivity index is 1.49. The zero-order valence-corrected chi connectivity index (χ0v) is 18.4. The molecule has 0 radical (unpaired) electrons. The summed E-state index contributed by atoms with van der Waals surface area (Å²) in [6, 6.07) is 18.5. The highest BCUT2D eigenvalue weighted by molar-refractivity contribution is 5.77. The molecule has 1 heteroatoms. The Hall–Kier alpha value is -1.60. The van der Waals surface area contributed by atoms with Crippen LogP contribution in [0.25, 0.3) is 11.1 Å². The van der Waals surface area contributed by atoms with Crippen LogP contribution < -0.4 is 0 Å². The minimum Gasteiger partial charge on any atom is -0.318 e. The van der Waals surface area contributed by atoms with Crippen molar-refractivity contribution >= 4 is 0 Å². The highest BCUT2D eigenvalue weighted by Gasteiger charge is 2.39. The first-order valence-corrected chi connectivity index (χ1v) is 11.7. The van der Waals surface area contributed by atoms with Crippen molar-refractivity contribution in [2.24, 2.45) is 0 Å². The van der Waals surface area contributed by atoms with Crippen molar-refractivity contribution in [3.05, 3.63) is 59.7 Å². The summed E-state index contributed by atoms with van der Waals surface area (Å²) in [6.45, 7) is 3.55. The first kappa shape index (κ1) is 21.1. The lowest BCUT2D eigenvalue weighted by molar-refractivity contribution is -0.915. The molecule has 0 aliphatic heterocycles. The maximum absolute atomic E-state index is 2.43. The van der Waals surface area contributed by atoms with Crippen LogP contribution in [0.1, 0.15) is 88.3 Å². The van der Waals surface area contributed by atoms with Gasteiger partial charge in [-0.05, 0) is 24.0 Å². The van der Waals surface area contributed by atoms with E-state index < -0.39 is 0 Å². The smallest absolute Gasteiger partial charge is 0.141 e. The number of benzene rings is 2. The zero-order chi connectivity index (χ0) is 19.8. The Morgan fingerprint density at radius 1 is 0.607 bits per heavy atom. The third-order valence-corrected chi connectivity index (χ3v) is 6.59. The average Bonchev–Trinajstić information content (AvgIpc) is 3.05. The summed E-state index contributed by atoms with van der Waals surface area (Å²) >= 11 is 0. The fourth-order valence-electron chi connectivity index (χ4n) is 5.02. The van der Waals surface area contributed by atoms with Gasteiger partial charge in [0, 0.05) is 11.1 Å². The molecule has 0 saturated heterocycles. The van der Waals surface area contributed by atoms with E-state index in [1.165, 1.54) is 93.0 Å². The molecule has 0 N–H and O–H groups in total. The highest BCUT2D eigenvalue weighted by Crippen LogP contribution is 2.47. The zero-order valence-electron chi connectivity index (χ0n) is 18.4. The average molecular weight is 379 g/mol. The second-order valence-electron chi connectivity index (χ2n) is 9.26. The lowest BCUT2D eigenvalue weighted by Crippen LogP contribution is -2.43. The Bertz CT molecular complexity index is 685. The molecule has 0 aromatic heterocycles. The van der Waals surface area contributed by atoms with Crippen LogP contribution in [0.5, 0.6) is 0 Å². The molecule has 0 fully saturated rings. The Labute approximate surface area is 173 Å². The summed E-state index contributed by atoms with van der Waals surface area (Å²) in [5.41, 5.74) is 5.91. The summed E-state index contributed by atoms with van der Waals surface area (Å²) in [5, 5.41) is 0. The van der Waals surface area contributed by atoms with Crippen molar-refractivity contribution < 1.29 is 4.48 Å². The van der Waals surface area contributed by atoms with Crippen molar-refractivity contribution in [3.63, 3.8) is 0 Å². The van der Waals surface area contributed by atoms with Gasteiger partial charge in [-0.25, -0.2) is 0 Å². The molecule has 152 valence electrons. The third-order valence-electron chi connectivity index (χ3n) is 6.59. The quantitative estimate of drug-likeness (QED) is 0.261. The maximum Gasteiger partial charge on any atom is 0.141 e. The first-order valence-electron chi connectivity index (χ1n) is 11.7. The molecule has 0 heterocycles. The second kappa shape index (κ2) is 10.3. The van der Waals surface area contributed by atoms with Crippen molar-refractivity contribution in [1.29, 1.82) is 0 Å². The van der Waals surface area contributed by atoms with E-state index in [0.717, 1.165) is 4.48 Å². The number of hydrogen-bond donors (Lipinski definition) is 0. The largest absolute Gasteiger partial charge is 0.318 e. The molecule has 0 bridgehead atoms. The Morgan fingerprint density at radius 3 is 1.54 bits per heavy atom. The molecule has 1 aliphatic rings. The van der Waals surface area contributed by atoms with E-state index in [-0.39, 0.29) is 0 Å². The molecule has 1 nitrogen and oxygen atoms in total. The predicted octanol–water partition coefficient (Wildman–Crippen LogP) is 7.75. The SMILES string of the molecule is CCCCCCCCCCCC[N+](C)(C)C1c2ccccc2-c2ccccc21. The number of rotatable bonds is 12. The molecule has 0 saturated carbocycles. The van der Waals surface area contributed by atoms with Crippen LogP contribution in [0.3, 0.4) is 0 Å². The second-order valence-corrected chi connectivity index (χ2v) is 9.26. The maximum atomic E-state index is 2.43. The van der Waals surface area contributed by atoms with Crippen LogP contribution in [-0.2, 0) is 0 Å². The van der Waals surface area contributed by atoms with Crippen molar-refractivity contribution in [2.45, 2.75) is 77.2 Å². The van der Waals surface area contributed by atoms with Crippen molar-refractivity contribution in [3.8, 4) is 11.1 Å².